The van der Waals surface area contributed by atoms with Crippen molar-refractivity contribution in [2.75, 3.05) is 37.7 Å². The molecule has 1 aromatic heterocycles. The molecule has 0 aliphatic carbocycles. The summed E-state index contributed by atoms with van der Waals surface area (Å²) in [5.74, 6) is 0.0144. The number of benzene rings is 3. The molecular weight excluding hydrogens is 572 g/mol. The minimum atomic E-state index is -3.80. The van der Waals surface area contributed by atoms with E-state index in [1.807, 2.05) is 42.5 Å². The number of nitrogens with zero attached hydrogens (tertiary/aromatic N) is 4. The number of aromatic nitrogens is 1. The summed E-state index contributed by atoms with van der Waals surface area (Å²) in [6.07, 6.45) is -0.439. The van der Waals surface area contributed by atoms with Crippen LogP contribution in [0.5, 0.6) is 0 Å². The van der Waals surface area contributed by atoms with Gasteiger partial charge in [-0.2, -0.15) is 4.31 Å². The summed E-state index contributed by atoms with van der Waals surface area (Å²) in [5.41, 5.74) is 3.33. The molecule has 2 heterocycles. The molecule has 0 radical (unpaired) electrons. The molecule has 220 valence electrons. The molecule has 2 amide bonds. The first-order valence-corrected chi connectivity index (χ1v) is 16.2. The topological polar surface area (TPSA) is 100 Å². The molecule has 1 fully saturated rings. The van der Waals surface area contributed by atoms with Gasteiger partial charge in [0.15, 0.2) is 5.13 Å². The molecule has 1 aliphatic heterocycles. The lowest BCUT2D eigenvalue weighted by Crippen LogP contribution is -2.50. The average molecular weight is 607 g/mol. The van der Waals surface area contributed by atoms with Gasteiger partial charge in [-0.05, 0) is 54.3 Å². The van der Waals surface area contributed by atoms with Gasteiger partial charge in [0.25, 0.3) is 5.91 Å². The molecule has 0 unspecified atom stereocenters. The number of piperazine rings is 1. The van der Waals surface area contributed by atoms with Gasteiger partial charge in [0.05, 0.1) is 28.3 Å². The highest BCUT2D eigenvalue weighted by Gasteiger charge is 2.31. The zero-order valence-corrected chi connectivity index (χ0v) is 25.5. The van der Waals surface area contributed by atoms with Crippen LogP contribution in [0.25, 0.3) is 10.2 Å². The molecular formula is C31H34N4O5S2. The third kappa shape index (κ3) is 6.18. The standard InChI is InChI=1S/C31H34N4O5S2/c1-4-40-31(37)33-17-19-34(20-18-33)42(38,39)25-15-13-24(14-16-25)29(36)35(21-23-9-6-5-7-10-23)30-32-28-26(22(2)3)11-8-12-27(28)41-30/h5-16,22H,4,17-21H2,1-3H3. The van der Waals surface area contributed by atoms with E-state index < -0.39 is 16.1 Å². The van der Waals surface area contributed by atoms with E-state index in [9.17, 15) is 18.0 Å². The Morgan fingerprint density at radius 1 is 0.952 bits per heavy atom. The van der Waals surface area contributed by atoms with Crippen molar-refractivity contribution >= 4 is 48.7 Å². The predicted octanol–water partition coefficient (Wildman–Crippen LogP) is 5.73. The van der Waals surface area contributed by atoms with Crippen LogP contribution in [0.15, 0.2) is 77.7 Å². The Kier molecular flexibility index (Phi) is 8.91. The van der Waals surface area contributed by atoms with Gasteiger partial charge in [0.2, 0.25) is 10.0 Å². The minimum absolute atomic E-state index is 0.0970. The van der Waals surface area contributed by atoms with Crippen LogP contribution in [0.1, 0.15) is 48.2 Å². The van der Waals surface area contributed by atoms with Crippen molar-refractivity contribution in [1.29, 1.82) is 0 Å². The fourth-order valence-electron chi connectivity index (χ4n) is 4.93. The van der Waals surface area contributed by atoms with Gasteiger partial charge in [-0.1, -0.05) is 67.6 Å². The molecule has 1 aliphatic rings. The van der Waals surface area contributed by atoms with Crippen LogP contribution in [0, 0.1) is 0 Å². The lowest BCUT2D eigenvalue weighted by Gasteiger charge is -2.33. The van der Waals surface area contributed by atoms with Gasteiger partial charge in [0, 0.05) is 31.7 Å². The summed E-state index contributed by atoms with van der Waals surface area (Å²) in [6.45, 7) is 7.41. The Labute approximate surface area is 250 Å². The summed E-state index contributed by atoms with van der Waals surface area (Å²) < 4.78 is 34.1. The SMILES string of the molecule is CCOC(=O)N1CCN(S(=O)(=O)c2ccc(C(=O)N(Cc3ccccc3)c3nc4c(C(C)C)cccc4s3)cc2)CC1. The first kappa shape index (κ1) is 29.7. The summed E-state index contributed by atoms with van der Waals surface area (Å²) in [4.78, 5) is 34.1. The molecule has 4 aromatic rings. The van der Waals surface area contributed by atoms with E-state index in [-0.39, 0.29) is 49.5 Å². The average Bonchev–Trinajstić information content (AvgIpc) is 3.44. The number of hydrogen-bond donors (Lipinski definition) is 0. The van der Waals surface area contributed by atoms with Crippen molar-refractivity contribution in [3.05, 3.63) is 89.5 Å². The largest absolute Gasteiger partial charge is 0.450 e. The second kappa shape index (κ2) is 12.6. The third-order valence-electron chi connectivity index (χ3n) is 7.22. The molecule has 5 rings (SSSR count). The van der Waals surface area contributed by atoms with Gasteiger partial charge >= 0.3 is 6.09 Å². The molecule has 3 aromatic carbocycles. The highest BCUT2D eigenvalue weighted by Crippen LogP contribution is 2.35. The van der Waals surface area contributed by atoms with Crippen LogP contribution in [-0.2, 0) is 21.3 Å². The van der Waals surface area contributed by atoms with Gasteiger partial charge in [-0.25, -0.2) is 18.2 Å². The zero-order valence-electron chi connectivity index (χ0n) is 23.9. The fourth-order valence-corrected chi connectivity index (χ4v) is 7.35. The van der Waals surface area contributed by atoms with E-state index >= 15 is 0 Å². The number of amides is 2. The van der Waals surface area contributed by atoms with Gasteiger partial charge in [-0.15, -0.1) is 0 Å². The quantitative estimate of drug-likeness (QED) is 0.254. The third-order valence-corrected chi connectivity index (χ3v) is 10.2. The predicted molar refractivity (Wildman–Crippen MR) is 164 cm³/mol. The summed E-state index contributed by atoms with van der Waals surface area (Å²) >= 11 is 1.47. The summed E-state index contributed by atoms with van der Waals surface area (Å²) in [6, 6.07) is 21.8. The molecule has 9 nitrogen and oxygen atoms in total. The maximum absolute atomic E-state index is 13.9. The minimum Gasteiger partial charge on any atom is -0.450 e. The number of thiazole rings is 1. The van der Waals surface area contributed by atoms with E-state index in [1.54, 1.807) is 24.0 Å². The van der Waals surface area contributed by atoms with E-state index in [0.717, 1.165) is 21.3 Å². The number of fused-ring (bicyclic) bond motifs is 1. The van der Waals surface area contributed by atoms with Crippen LogP contribution in [0.2, 0.25) is 0 Å². The van der Waals surface area contributed by atoms with Crippen molar-refractivity contribution in [2.45, 2.75) is 38.1 Å². The zero-order chi connectivity index (χ0) is 29.9. The number of hydrogen-bond acceptors (Lipinski definition) is 7. The van der Waals surface area contributed by atoms with Crippen molar-refractivity contribution in [2.24, 2.45) is 0 Å². The van der Waals surface area contributed by atoms with E-state index in [2.05, 4.69) is 19.9 Å². The molecule has 0 atom stereocenters. The van der Waals surface area contributed by atoms with Crippen LogP contribution in [-0.4, -0.2) is 67.4 Å². The van der Waals surface area contributed by atoms with E-state index in [4.69, 9.17) is 9.72 Å². The Hall–Kier alpha value is -3.80. The van der Waals surface area contributed by atoms with Crippen LogP contribution >= 0.6 is 11.3 Å². The van der Waals surface area contributed by atoms with Crippen LogP contribution in [0.3, 0.4) is 0 Å². The van der Waals surface area contributed by atoms with E-state index in [0.29, 0.717) is 17.2 Å². The highest BCUT2D eigenvalue weighted by atomic mass is 32.2. The molecule has 0 spiro atoms. The molecule has 1 saturated heterocycles. The second-order valence-corrected chi connectivity index (χ2v) is 13.3. The maximum atomic E-state index is 13.9. The van der Waals surface area contributed by atoms with Gasteiger partial charge < -0.3 is 9.64 Å². The van der Waals surface area contributed by atoms with Gasteiger partial charge in [-0.3, -0.25) is 9.69 Å². The molecule has 0 N–H and O–H groups in total. The monoisotopic (exact) mass is 606 g/mol. The first-order chi connectivity index (χ1) is 20.2. The number of ether oxygens (including phenoxy) is 1. The Morgan fingerprint density at radius 3 is 2.29 bits per heavy atom. The molecule has 42 heavy (non-hydrogen) atoms. The smallest absolute Gasteiger partial charge is 0.409 e. The van der Waals surface area contributed by atoms with Crippen LogP contribution < -0.4 is 4.90 Å². The highest BCUT2D eigenvalue weighted by molar-refractivity contribution is 7.89. The van der Waals surface area contributed by atoms with Crippen molar-refractivity contribution in [1.82, 2.24) is 14.2 Å². The Morgan fingerprint density at radius 2 is 1.64 bits per heavy atom. The number of para-hydroxylation sites is 1. The Bertz CT molecular complexity index is 1660. The molecule has 11 heteroatoms. The number of anilines is 1. The Balaban J connectivity index is 1.40. The molecule has 0 bridgehead atoms. The molecule has 0 saturated carbocycles. The maximum Gasteiger partial charge on any atom is 0.409 e. The lowest BCUT2D eigenvalue weighted by atomic mass is 10.0. The second-order valence-electron chi connectivity index (χ2n) is 10.3. The fraction of sp³-hybridized carbons (Fsp3) is 0.323. The normalized spacial score (nSPS) is 14.3. The summed E-state index contributed by atoms with van der Waals surface area (Å²) in [5, 5.41) is 0.586. The first-order valence-electron chi connectivity index (χ1n) is 14.0. The van der Waals surface area contributed by atoms with E-state index in [1.165, 1.54) is 32.7 Å². The van der Waals surface area contributed by atoms with Crippen molar-refractivity contribution < 1.29 is 22.7 Å². The van der Waals surface area contributed by atoms with Crippen molar-refractivity contribution in [3.63, 3.8) is 0 Å². The van der Waals surface area contributed by atoms with Gasteiger partial charge in [0.1, 0.15) is 0 Å². The number of carbonyl (C=O) groups excluding carboxylic acids is 2. The lowest BCUT2D eigenvalue weighted by molar-refractivity contribution is 0.0933. The summed E-state index contributed by atoms with van der Waals surface area (Å²) in [7, 11) is -3.80. The number of carbonyl (C=O) groups is 2. The number of rotatable bonds is 8. The van der Waals surface area contributed by atoms with Crippen LogP contribution in [0.4, 0.5) is 9.93 Å². The number of sulfonamides is 1. The van der Waals surface area contributed by atoms with Crippen molar-refractivity contribution in [3.8, 4) is 0 Å².